The number of nitrogens with zero attached hydrogens (tertiary/aromatic N) is 2. The lowest BCUT2D eigenvalue weighted by Gasteiger charge is -1.97. The predicted molar refractivity (Wildman–Crippen MR) is 105 cm³/mol. The summed E-state index contributed by atoms with van der Waals surface area (Å²) >= 11 is 2.39. The van der Waals surface area contributed by atoms with E-state index in [-0.39, 0.29) is 5.91 Å². The van der Waals surface area contributed by atoms with Gasteiger partial charge in [0.2, 0.25) is 5.13 Å². The molecule has 0 atom stereocenters. The Morgan fingerprint density at radius 2 is 2.19 bits per heavy atom. The van der Waals surface area contributed by atoms with Crippen LogP contribution in [0.15, 0.2) is 34.2 Å². The molecule has 8 heteroatoms. The minimum atomic E-state index is -0.405. The molecule has 1 fully saturated rings. The first-order valence-corrected chi connectivity index (χ1v) is 9.60. The molecule has 3 rings (SSSR count). The number of hydrogen-bond donors (Lipinski definition) is 1. The van der Waals surface area contributed by atoms with Crippen molar-refractivity contribution in [3.8, 4) is 0 Å². The maximum atomic E-state index is 12.2. The van der Waals surface area contributed by atoms with E-state index in [9.17, 15) is 9.59 Å². The summed E-state index contributed by atoms with van der Waals surface area (Å²) in [5, 5.41) is 3.58. The van der Waals surface area contributed by atoms with Crippen LogP contribution < -0.4 is 5.32 Å². The van der Waals surface area contributed by atoms with Crippen molar-refractivity contribution in [3.63, 3.8) is 0 Å². The quantitative estimate of drug-likeness (QED) is 0.637. The van der Waals surface area contributed by atoms with Gasteiger partial charge in [0, 0.05) is 0 Å². The first-order valence-electron chi connectivity index (χ1n) is 7.97. The van der Waals surface area contributed by atoms with Crippen molar-refractivity contribution in [1.82, 2.24) is 10.3 Å². The number of carbonyl (C=O) groups is 2. The van der Waals surface area contributed by atoms with Crippen molar-refractivity contribution in [1.29, 1.82) is 0 Å². The third-order valence-electron chi connectivity index (χ3n) is 3.43. The highest BCUT2D eigenvalue weighted by Crippen LogP contribution is 2.31. The number of aromatic nitrogens is 1. The minimum absolute atomic E-state index is 0.200. The summed E-state index contributed by atoms with van der Waals surface area (Å²) in [6.07, 6.45) is 1.83. The largest absolute Gasteiger partial charge is 0.462 e. The Bertz CT molecular complexity index is 932. The molecular weight excluding hydrogens is 370 g/mol. The number of aliphatic imine (C=N–C) groups is 1. The topological polar surface area (TPSA) is 80.6 Å². The van der Waals surface area contributed by atoms with Gasteiger partial charge in [0.1, 0.15) is 4.88 Å². The van der Waals surface area contributed by atoms with Crippen LogP contribution in [0.3, 0.4) is 0 Å². The number of hydrogen-bond acceptors (Lipinski definition) is 7. The second-order valence-corrected chi connectivity index (χ2v) is 7.54. The number of benzene rings is 1. The number of nitrogens with one attached hydrogen (secondary N) is 1. The number of rotatable bonds is 4. The highest BCUT2D eigenvalue weighted by atomic mass is 32.2. The van der Waals surface area contributed by atoms with Gasteiger partial charge in [-0.15, -0.1) is 0 Å². The molecule has 6 nitrogen and oxygen atoms in total. The molecule has 1 N–H and O–H groups in total. The zero-order valence-electron chi connectivity index (χ0n) is 14.5. The number of esters is 1. The van der Waals surface area contributed by atoms with E-state index in [4.69, 9.17) is 4.74 Å². The molecule has 1 aromatic carbocycles. The Labute approximate surface area is 159 Å². The van der Waals surface area contributed by atoms with E-state index in [0.717, 1.165) is 22.5 Å². The van der Waals surface area contributed by atoms with E-state index in [1.165, 1.54) is 11.8 Å². The maximum absolute atomic E-state index is 12.2. The van der Waals surface area contributed by atoms with Gasteiger partial charge in [-0.2, -0.15) is 4.99 Å². The average Bonchev–Trinajstić information content (AvgIpc) is 3.10. The van der Waals surface area contributed by atoms with Crippen molar-refractivity contribution >= 4 is 51.4 Å². The van der Waals surface area contributed by atoms with Crippen LogP contribution in [-0.2, 0) is 9.53 Å². The van der Waals surface area contributed by atoms with Crippen molar-refractivity contribution in [2.75, 3.05) is 6.61 Å². The summed E-state index contributed by atoms with van der Waals surface area (Å²) in [6.45, 7) is 5.79. The molecule has 1 aliphatic rings. The fourth-order valence-corrected chi connectivity index (χ4v) is 4.01. The lowest BCUT2D eigenvalue weighted by atomic mass is 10.1. The molecule has 134 valence electrons. The van der Waals surface area contributed by atoms with Gasteiger partial charge in [-0.05, 0) is 44.2 Å². The number of ether oxygens (including phenoxy) is 1. The van der Waals surface area contributed by atoms with E-state index in [1.54, 1.807) is 13.8 Å². The maximum Gasteiger partial charge on any atom is 0.350 e. The highest BCUT2D eigenvalue weighted by molar-refractivity contribution is 8.18. The first-order chi connectivity index (χ1) is 12.5. The van der Waals surface area contributed by atoms with Crippen molar-refractivity contribution in [2.24, 2.45) is 4.99 Å². The number of aryl methyl sites for hydroxylation is 2. The molecule has 0 aliphatic carbocycles. The number of carbonyl (C=O) groups excluding carboxylic acids is 2. The predicted octanol–water partition coefficient (Wildman–Crippen LogP) is 3.83. The van der Waals surface area contributed by atoms with E-state index in [2.05, 4.69) is 15.3 Å². The summed E-state index contributed by atoms with van der Waals surface area (Å²) < 4.78 is 5.00. The van der Waals surface area contributed by atoms with E-state index < -0.39 is 5.97 Å². The van der Waals surface area contributed by atoms with Crippen LogP contribution in [0.2, 0.25) is 0 Å². The van der Waals surface area contributed by atoms with Crippen LogP contribution in [-0.4, -0.2) is 28.6 Å². The number of thiazole rings is 1. The summed E-state index contributed by atoms with van der Waals surface area (Å²) in [4.78, 5) is 33.6. The van der Waals surface area contributed by atoms with Gasteiger partial charge in [0.25, 0.3) is 5.91 Å². The summed E-state index contributed by atoms with van der Waals surface area (Å²) in [7, 11) is 0. The van der Waals surface area contributed by atoms with Crippen LogP contribution in [0.5, 0.6) is 0 Å². The molecule has 1 aromatic heterocycles. The fraction of sp³-hybridized carbons (Fsp3) is 0.222. The lowest BCUT2D eigenvalue weighted by Crippen LogP contribution is -2.19. The van der Waals surface area contributed by atoms with Gasteiger partial charge < -0.3 is 10.1 Å². The van der Waals surface area contributed by atoms with Gasteiger partial charge >= 0.3 is 5.97 Å². The molecule has 1 aliphatic heterocycles. The van der Waals surface area contributed by atoms with Gasteiger partial charge in [0.05, 0.1) is 17.2 Å². The Morgan fingerprint density at radius 3 is 2.92 bits per heavy atom. The molecule has 0 radical (unpaired) electrons. The number of thioether (sulfide) groups is 1. The lowest BCUT2D eigenvalue weighted by molar-refractivity contribution is -0.115. The molecule has 1 saturated heterocycles. The van der Waals surface area contributed by atoms with Crippen LogP contribution in [0.1, 0.15) is 33.4 Å². The molecule has 2 aromatic rings. The Hall–Kier alpha value is -2.45. The number of amidine groups is 1. The standard InChI is InChI=1S/C18H17N3O3S2/c1-4-24-16(23)14-11(3)19-17(26-14)21-18-20-15(22)13(25-18)9-12-7-5-6-10(2)8-12/h5-9H,4H2,1-3H3,(H,19,20,21,22)/b13-9-. The summed E-state index contributed by atoms with van der Waals surface area (Å²) in [6, 6.07) is 7.90. The molecule has 0 spiro atoms. The monoisotopic (exact) mass is 387 g/mol. The minimum Gasteiger partial charge on any atom is -0.462 e. The van der Waals surface area contributed by atoms with Gasteiger partial charge in [-0.1, -0.05) is 41.2 Å². The third-order valence-corrected chi connectivity index (χ3v) is 5.38. The zero-order chi connectivity index (χ0) is 18.7. The summed E-state index contributed by atoms with van der Waals surface area (Å²) in [5.41, 5.74) is 2.65. The van der Waals surface area contributed by atoms with Gasteiger partial charge in [0.15, 0.2) is 5.17 Å². The average molecular weight is 387 g/mol. The molecule has 0 saturated carbocycles. The van der Waals surface area contributed by atoms with E-state index in [1.807, 2.05) is 37.3 Å². The molecule has 0 unspecified atom stereocenters. The van der Waals surface area contributed by atoms with Crippen molar-refractivity contribution < 1.29 is 14.3 Å². The zero-order valence-corrected chi connectivity index (χ0v) is 16.2. The Balaban J connectivity index is 1.80. The second kappa shape index (κ2) is 7.84. The number of amides is 1. The highest BCUT2D eigenvalue weighted by Gasteiger charge is 2.25. The summed E-state index contributed by atoms with van der Waals surface area (Å²) in [5.74, 6) is -0.605. The molecule has 1 amide bonds. The molecule has 26 heavy (non-hydrogen) atoms. The smallest absolute Gasteiger partial charge is 0.350 e. The van der Waals surface area contributed by atoms with Gasteiger partial charge in [-0.3, -0.25) is 4.79 Å². The molecule has 2 heterocycles. The second-order valence-electron chi connectivity index (χ2n) is 5.53. The van der Waals surface area contributed by atoms with E-state index >= 15 is 0 Å². The first kappa shape index (κ1) is 18.3. The fourth-order valence-electron chi connectivity index (χ4n) is 2.29. The Kier molecular flexibility index (Phi) is 5.53. The van der Waals surface area contributed by atoms with Gasteiger partial charge in [-0.25, -0.2) is 9.78 Å². The normalized spacial score (nSPS) is 17.0. The Morgan fingerprint density at radius 1 is 1.38 bits per heavy atom. The van der Waals surface area contributed by atoms with Crippen LogP contribution in [0, 0.1) is 13.8 Å². The van der Waals surface area contributed by atoms with E-state index in [0.29, 0.717) is 32.4 Å². The third kappa shape index (κ3) is 4.20. The van der Waals surface area contributed by atoms with Crippen LogP contribution in [0.4, 0.5) is 5.13 Å². The van der Waals surface area contributed by atoms with Crippen LogP contribution in [0.25, 0.3) is 6.08 Å². The van der Waals surface area contributed by atoms with Crippen molar-refractivity contribution in [3.05, 3.63) is 50.9 Å². The van der Waals surface area contributed by atoms with Crippen molar-refractivity contribution in [2.45, 2.75) is 20.8 Å². The molecule has 0 bridgehead atoms. The van der Waals surface area contributed by atoms with Crippen LogP contribution >= 0.6 is 23.1 Å². The molecular formula is C18H17N3O3S2. The SMILES string of the molecule is CCOC(=O)c1sc(/N=C2\NC(=O)/C(=C/c3cccc(C)c3)S2)nc1C.